The summed E-state index contributed by atoms with van der Waals surface area (Å²) in [7, 11) is 1.70. The van der Waals surface area contributed by atoms with Crippen LogP contribution in [0.3, 0.4) is 0 Å². The van der Waals surface area contributed by atoms with Gasteiger partial charge in [-0.2, -0.15) is 4.98 Å². The first-order valence-corrected chi connectivity index (χ1v) is 7.43. The predicted octanol–water partition coefficient (Wildman–Crippen LogP) is 2.36. The maximum Gasteiger partial charge on any atom is 0.356 e. The molecule has 0 spiro atoms. The first kappa shape index (κ1) is 15.2. The molecule has 0 aliphatic carbocycles. The Morgan fingerprint density at radius 3 is 2.29 bits per heavy atom. The minimum absolute atomic E-state index is 0.299. The van der Waals surface area contributed by atoms with Gasteiger partial charge in [0.2, 0.25) is 5.95 Å². The van der Waals surface area contributed by atoms with Crippen molar-refractivity contribution in [2.75, 3.05) is 12.4 Å². The van der Waals surface area contributed by atoms with Crippen molar-refractivity contribution in [3.63, 3.8) is 0 Å². The summed E-state index contributed by atoms with van der Waals surface area (Å²) in [6.07, 6.45) is 4.26. The van der Waals surface area contributed by atoms with Crippen molar-refractivity contribution in [3.05, 3.63) is 45.6 Å². The molecule has 1 heterocycles. The molecule has 0 unspecified atom stereocenters. The third-order valence-electron chi connectivity index (χ3n) is 3.75. The lowest BCUT2D eigenvalue weighted by atomic mass is 9.96. The Morgan fingerprint density at radius 1 is 1.10 bits per heavy atom. The van der Waals surface area contributed by atoms with Crippen LogP contribution in [-0.4, -0.2) is 21.6 Å². The Labute approximate surface area is 125 Å². The zero-order valence-electron chi connectivity index (χ0n) is 13.1. The fourth-order valence-electron chi connectivity index (χ4n) is 2.65. The standard InChI is InChI=1S/C16H22N4O/c1-5-11-8-9-12(6-2)14(13(11)7-3)20-10-18-15(17-4)19-16(20)21/h8-10H,5-7H2,1-4H3,(H,17,19,21). The van der Waals surface area contributed by atoms with Crippen LogP contribution in [0, 0.1) is 0 Å². The molecule has 0 fully saturated rings. The SMILES string of the molecule is CCc1ccc(CC)c(-n2cnc(NC)nc2=O)c1CC. The van der Waals surface area contributed by atoms with Crippen molar-refractivity contribution in [1.29, 1.82) is 0 Å². The molecule has 0 saturated heterocycles. The van der Waals surface area contributed by atoms with Crippen molar-refractivity contribution in [1.82, 2.24) is 14.5 Å². The minimum Gasteiger partial charge on any atom is -0.357 e. The fraction of sp³-hybridized carbons (Fsp3) is 0.438. The first-order valence-electron chi connectivity index (χ1n) is 7.43. The molecule has 5 heteroatoms. The van der Waals surface area contributed by atoms with Crippen LogP contribution in [0.4, 0.5) is 5.95 Å². The van der Waals surface area contributed by atoms with Crippen LogP contribution in [0.2, 0.25) is 0 Å². The number of aromatic nitrogens is 3. The molecule has 0 aliphatic rings. The van der Waals surface area contributed by atoms with Gasteiger partial charge in [-0.3, -0.25) is 4.57 Å². The summed E-state index contributed by atoms with van der Waals surface area (Å²) in [6, 6.07) is 4.26. The zero-order valence-corrected chi connectivity index (χ0v) is 13.1. The van der Waals surface area contributed by atoms with Gasteiger partial charge >= 0.3 is 5.69 Å². The summed E-state index contributed by atoms with van der Waals surface area (Å²) in [5.41, 5.74) is 4.28. The fourth-order valence-corrected chi connectivity index (χ4v) is 2.65. The van der Waals surface area contributed by atoms with Gasteiger partial charge in [0.25, 0.3) is 0 Å². The number of hydrogen-bond acceptors (Lipinski definition) is 4. The van der Waals surface area contributed by atoms with Gasteiger partial charge in [-0.1, -0.05) is 32.9 Å². The topological polar surface area (TPSA) is 59.8 Å². The van der Waals surface area contributed by atoms with E-state index in [-0.39, 0.29) is 5.69 Å². The second kappa shape index (κ2) is 6.52. The highest BCUT2D eigenvalue weighted by atomic mass is 16.1. The maximum absolute atomic E-state index is 12.3. The van der Waals surface area contributed by atoms with Gasteiger partial charge in [-0.15, -0.1) is 0 Å². The van der Waals surface area contributed by atoms with Gasteiger partial charge in [0, 0.05) is 7.05 Å². The second-order valence-corrected chi connectivity index (χ2v) is 4.85. The summed E-state index contributed by atoms with van der Waals surface area (Å²) >= 11 is 0. The van der Waals surface area contributed by atoms with Gasteiger partial charge in [0.15, 0.2) is 0 Å². The van der Waals surface area contributed by atoms with Crippen LogP contribution in [0.5, 0.6) is 0 Å². The van der Waals surface area contributed by atoms with Crippen LogP contribution >= 0.6 is 0 Å². The van der Waals surface area contributed by atoms with E-state index in [1.54, 1.807) is 17.9 Å². The number of nitrogens with zero attached hydrogens (tertiary/aromatic N) is 3. The van der Waals surface area contributed by atoms with Crippen LogP contribution in [0.25, 0.3) is 5.69 Å². The minimum atomic E-state index is -0.299. The summed E-state index contributed by atoms with van der Waals surface area (Å²) in [6.45, 7) is 6.34. The molecule has 0 radical (unpaired) electrons. The van der Waals surface area contributed by atoms with Crippen molar-refractivity contribution < 1.29 is 0 Å². The summed E-state index contributed by atoms with van der Waals surface area (Å²) in [4.78, 5) is 20.4. The van der Waals surface area contributed by atoms with Gasteiger partial charge in [-0.05, 0) is 36.0 Å². The molecule has 2 aromatic rings. The van der Waals surface area contributed by atoms with E-state index in [4.69, 9.17) is 0 Å². The van der Waals surface area contributed by atoms with Crippen molar-refractivity contribution in [3.8, 4) is 5.69 Å². The molecule has 0 aliphatic heterocycles. The van der Waals surface area contributed by atoms with E-state index in [2.05, 4.69) is 48.2 Å². The van der Waals surface area contributed by atoms with E-state index < -0.39 is 0 Å². The van der Waals surface area contributed by atoms with Gasteiger partial charge in [-0.25, -0.2) is 9.78 Å². The Kier molecular flexibility index (Phi) is 4.73. The highest BCUT2D eigenvalue weighted by Crippen LogP contribution is 2.24. The quantitative estimate of drug-likeness (QED) is 0.916. The number of anilines is 1. The molecule has 0 saturated carbocycles. The maximum atomic E-state index is 12.3. The largest absolute Gasteiger partial charge is 0.357 e. The van der Waals surface area contributed by atoms with E-state index in [1.165, 1.54) is 11.1 Å². The normalized spacial score (nSPS) is 10.7. The van der Waals surface area contributed by atoms with Gasteiger partial charge in [0.1, 0.15) is 6.33 Å². The van der Waals surface area contributed by atoms with Crippen molar-refractivity contribution in [2.24, 2.45) is 0 Å². The van der Waals surface area contributed by atoms with E-state index in [0.29, 0.717) is 5.95 Å². The first-order chi connectivity index (χ1) is 10.2. The Hall–Kier alpha value is -2.17. The summed E-state index contributed by atoms with van der Waals surface area (Å²) in [5.74, 6) is 0.346. The summed E-state index contributed by atoms with van der Waals surface area (Å²) < 4.78 is 1.57. The average Bonchev–Trinajstić information content (AvgIpc) is 2.53. The molecule has 0 bridgehead atoms. The molecule has 0 amide bonds. The van der Waals surface area contributed by atoms with E-state index in [1.807, 2.05) is 0 Å². The molecule has 21 heavy (non-hydrogen) atoms. The van der Waals surface area contributed by atoms with E-state index in [9.17, 15) is 4.79 Å². The highest BCUT2D eigenvalue weighted by molar-refractivity contribution is 5.52. The smallest absolute Gasteiger partial charge is 0.356 e. The Morgan fingerprint density at radius 2 is 1.76 bits per heavy atom. The molecular formula is C16H22N4O. The molecule has 5 nitrogen and oxygen atoms in total. The van der Waals surface area contributed by atoms with Gasteiger partial charge < -0.3 is 5.32 Å². The predicted molar refractivity (Wildman–Crippen MR) is 85.3 cm³/mol. The van der Waals surface area contributed by atoms with E-state index in [0.717, 1.165) is 30.5 Å². The zero-order chi connectivity index (χ0) is 15.4. The van der Waals surface area contributed by atoms with Crippen molar-refractivity contribution >= 4 is 5.95 Å². The highest BCUT2D eigenvalue weighted by Gasteiger charge is 2.14. The van der Waals surface area contributed by atoms with Gasteiger partial charge in [0.05, 0.1) is 5.69 Å². The number of hydrogen-bond donors (Lipinski definition) is 1. The van der Waals surface area contributed by atoms with Crippen LogP contribution in [0.15, 0.2) is 23.3 Å². The third kappa shape index (κ3) is 2.82. The Bertz CT molecular complexity index is 691. The van der Waals surface area contributed by atoms with Crippen molar-refractivity contribution in [2.45, 2.75) is 40.0 Å². The number of nitrogens with one attached hydrogen (secondary N) is 1. The molecule has 1 aromatic heterocycles. The lowest BCUT2D eigenvalue weighted by Crippen LogP contribution is -2.25. The van der Waals surface area contributed by atoms with E-state index >= 15 is 0 Å². The number of aryl methyl sites for hydroxylation is 2. The molecule has 1 N–H and O–H groups in total. The number of benzene rings is 1. The lowest BCUT2D eigenvalue weighted by Gasteiger charge is -2.18. The molecule has 112 valence electrons. The molecule has 1 aromatic carbocycles. The monoisotopic (exact) mass is 286 g/mol. The number of rotatable bonds is 5. The second-order valence-electron chi connectivity index (χ2n) is 4.85. The average molecular weight is 286 g/mol. The Balaban J connectivity index is 2.75. The van der Waals surface area contributed by atoms with Crippen LogP contribution in [-0.2, 0) is 19.3 Å². The third-order valence-corrected chi connectivity index (χ3v) is 3.75. The van der Waals surface area contributed by atoms with Crippen LogP contribution < -0.4 is 11.0 Å². The molecule has 2 rings (SSSR count). The van der Waals surface area contributed by atoms with Crippen LogP contribution in [0.1, 0.15) is 37.5 Å². The molecular weight excluding hydrogens is 264 g/mol. The lowest BCUT2D eigenvalue weighted by molar-refractivity contribution is 0.831. The molecule has 0 atom stereocenters. The summed E-state index contributed by atoms with van der Waals surface area (Å²) in [5, 5.41) is 2.79.